The third kappa shape index (κ3) is 4.44. The minimum Gasteiger partial charge on any atom is -0.496 e. The second-order valence-electron chi connectivity index (χ2n) is 6.40. The summed E-state index contributed by atoms with van der Waals surface area (Å²) >= 11 is 1.56. The number of methoxy groups -OCH3 is 1. The molecule has 0 unspecified atom stereocenters. The Labute approximate surface area is 170 Å². The fourth-order valence-corrected chi connectivity index (χ4v) is 5.08. The SMILES string of the molecule is CCSc1ccccc1NS(=O)(=O)c1ccc(OC)c(C(=O)N2CCCC2)c1. The third-order valence-electron chi connectivity index (χ3n) is 4.54. The fraction of sp³-hybridized carbons (Fsp3) is 0.350. The lowest BCUT2D eigenvalue weighted by Crippen LogP contribution is -2.28. The molecule has 1 aliphatic rings. The Hall–Kier alpha value is -2.19. The molecular formula is C20H24N2O4S2. The zero-order valence-corrected chi connectivity index (χ0v) is 17.6. The van der Waals surface area contributed by atoms with Gasteiger partial charge in [-0.2, -0.15) is 0 Å². The van der Waals surface area contributed by atoms with Crippen molar-refractivity contribution in [3.8, 4) is 5.75 Å². The second-order valence-corrected chi connectivity index (χ2v) is 9.38. The van der Waals surface area contributed by atoms with Crippen molar-refractivity contribution in [3.63, 3.8) is 0 Å². The first-order valence-corrected chi connectivity index (χ1v) is 11.6. The molecule has 0 bridgehead atoms. The van der Waals surface area contributed by atoms with Gasteiger partial charge in [0, 0.05) is 18.0 Å². The maximum atomic E-state index is 13.0. The van der Waals surface area contributed by atoms with E-state index in [0.29, 0.717) is 24.5 Å². The highest BCUT2D eigenvalue weighted by Gasteiger charge is 2.25. The average Bonchev–Trinajstić information content (AvgIpc) is 3.23. The van der Waals surface area contributed by atoms with Crippen LogP contribution in [0.15, 0.2) is 52.3 Å². The molecule has 28 heavy (non-hydrogen) atoms. The Kier molecular flexibility index (Phi) is 6.51. The molecule has 0 radical (unpaired) electrons. The van der Waals surface area contributed by atoms with E-state index in [2.05, 4.69) is 4.72 Å². The van der Waals surface area contributed by atoms with E-state index in [1.807, 2.05) is 19.1 Å². The van der Waals surface area contributed by atoms with E-state index in [-0.39, 0.29) is 16.4 Å². The average molecular weight is 421 g/mol. The minimum atomic E-state index is -3.85. The third-order valence-corrected chi connectivity index (χ3v) is 6.86. The topological polar surface area (TPSA) is 75.7 Å². The maximum Gasteiger partial charge on any atom is 0.261 e. The molecule has 1 aliphatic heterocycles. The summed E-state index contributed by atoms with van der Waals surface area (Å²) < 4.78 is 33.9. The van der Waals surface area contributed by atoms with Crippen LogP contribution in [0.25, 0.3) is 0 Å². The van der Waals surface area contributed by atoms with Gasteiger partial charge in [-0.3, -0.25) is 9.52 Å². The molecule has 1 saturated heterocycles. The summed E-state index contributed by atoms with van der Waals surface area (Å²) in [5.41, 5.74) is 0.793. The second kappa shape index (κ2) is 8.87. The predicted molar refractivity (Wildman–Crippen MR) is 112 cm³/mol. The summed E-state index contributed by atoms with van der Waals surface area (Å²) in [5, 5.41) is 0. The van der Waals surface area contributed by atoms with Crippen LogP contribution >= 0.6 is 11.8 Å². The fourth-order valence-electron chi connectivity index (χ4n) is 3.15. The molecule has 2 aromatic rings. The van der Waals surface area contributed by atoms with Gasteiger partial charge < -0.3 is 9.64 Å². The first-order valence-electron chi connectivity index (χ1n) is 9.18. The molecule has 1 amide bonds. The quantitative estimate of drug-likeness (QED) is 0.689. The van der Waals surface area contributed by atoms with Crippen molar-refractivity contribution in [2.75, 3.05) is 30.7 Å². The van der Waals surface area contributed by atoms with E-state index in [9.17, 15) is 13.2 Å². The highest BCUT2D eigenvalue weighted by atomic mass is 32.2. The van der Waals surface area contributed by atoms with Crippen LogP contribution in [0.2, 0.25) is 0 Å². The molecule has 0 aromatic heterocycles. The number of carbonyl (C=O) groups excluding carboxylic acids is 1. The number of para-hydroxylation sites is 1. The molecule has 0 atom stereocenters. The van der Waals surface area contributed by atoms with Gasteiger partial charge in [0.1, 0.15) is 5.75 Å². The van der Waals surface area contributed by atoms with Crippen molar-refractivity contribution in [1.29, 1.82) is 0 Å². The lowest BCUT2D eigenvalue weighted by molar-refractivity contribution is 0.0789. The summed E-state index contributed by atoms with van der Waals surface area (Å²) in [6.45, 7) is 3.37. The van der Waals surface area contributed by atoms with E-state index in [4.69, 9.17) is 4.74 Å². The summed E-state index contributed by atoms with van der Waals surface area (Å²) in [4.78, 5) is 15.5. The number of sulfonamides is 1. The van der Waals surface area contributed by atoms with E-state index in [1.165, 1.54) is 25.3 Å². The zero-order chi connectivity index (χ0) is 20.1. The van der Waals surface area contributed by atoms with Gasteiger partial charge >= 0.3 is 0 Å². The number of nitrogens with one attached hydrogen (secondary N) is 1. The Morgan fingerprint density at radius 3 is 2.57 bits per heavy atom. The number of nitrogens with zero attached hydrogens (tertiary/aromatic N) is 1. The van der Waals surface area contributed by atoms with Gasteiger partial charge in [0.05, 0.1) is 23.3 Å². The van der Waals surface area contributed by atoms with Crippen LogP contribution in [0.4, 0.5) is 5.69 Å². The lowest BCUT2D eigenvalue weighted by Gasteiger charge is -2.18. The molecular weight excluding hydrogens is 396 g/mol. The van der Waals surface area contributed by atoms with Crippen LogP contribution in [-0.2, 0) is 10.0 Å². The van der Waals surface area contributed by atoms with E-state index >= 15 is 0 Å². The van der Waals surface area contributed by atoms with Crippen LogP contribution < -0.4 is 9.46 Å². The predicted octanol–water partition coefficient (Wildman–Crippen LogP) is 3.84. The number of benzene rings is 2. The molecule has 3 rings (SSSR count). The Morgan fingerprint density at radius 2 is 1.89 bits per heavy atom. The van der Waals surface area contributed by atoms with Crippen molar-refractivity contribution in [2.45, 2.75) is 29.6 Å². The molecule has 1 heterocycles. The molecule has 0 saturated carbocycles. The molecule has 8 heteroatoms. The van der Waals surface area contributed by atoms with Gasteiger partial charge in [-0.15, -0.1) is 11.8 Å². The van der Waals surface area contributed by atoms with Gasteiger partial charge in [-0.1, -0.05) is 19.1 Å². The number of hydrogen-bond acceptors (Lipinski definition) is 5. The molecule has 1 N–H and O–H groups in total. The van der Waals surface area contributed by atoms with Gasteiger partial charge in [0.25, 0.3) is 15.9 Å². The summed E-state index contributed by atoms with van der Waals surface area (Å²) in [5.74, 6) is 1.00. The van der Waals surface area contributed by atoms with Crippen molar-refractivity contribution < 1.29 is 17.9 Å². The van der Waals surface area contributed by atoms with Gasteiger partial charge in [0.2, 0.25) is 0 Å². The van der Waals surface area contributed by atoms with Gasteiger partial charge in [-0.05, 0) is 48.9 Å². The van der Waals surface area contributed by atoms with Crippen molar-refractivity contribution in [1.82, 2.24) is 4.90 Å². The first kappa shape index (κ1) is 20.5. The Bertz CT molecular complexity index is 954. The zero-order valence-electron chi connectivity index (χ0n) is 16.0. The molecule has 2 aromatic carbocycles. The molecule has 1 fully saturated rings. The molecule has 0 spiro atoms. The summed E-state index contributed by atoms with van der Waals surface area (Å²) in [7, 11) is -2.38. The van der Waals surface area contributed by atoms with Crippen molar-refractivity contribution >= 4 is 33.4 Å². The number of amides is 1. The minimum absolute atomic E-state index is 0.0344. The van der Waals surface area contributed by atoms with Gasteiger partial charge in [0.15, 0.2) is 0 Å². The standard InChI is InChI=1S/C20H24N2O4S2/c1-3-27-19-9-5-4-8-17(19)21-28(24,25)15-10-11-18(26-2)16(14-15)20(23)22-12-6-7-13-22/h4-5,8-11,14,21H,3,6-7,12-13H2,1-2H3. The highest BCUT2D eigenvalue weighted by Crippen LogP contribution is 2.30. The normalized spacial score (nSPS) is 14.1. The first-order chi connectivity index (χ1) is 13.5. The molecule has 0 aliphatic carbocycles. The van der Waals surface area contributed by atoms with Crippen LogP contribution in [0.5, 0.6) is 5.75 Å². The van der Waals surface area contributed by atoms with E-state index in [0.717, 1.165) is 23.5 Å². The lowest BCUT2D eigenvalue weighted by atomic mass is 10.1. The number of hydrogen-bond donors (Lipinski definition) is 1. The largest absolute Gasteiger partial charge is 0.496 e. The highest BCUT2D eigenvalue weighted by molar-refractivity contribution is 7.99. The van der Waals surface area contributed by atoms with Crippen LogP contribution in [0.1, 0.15) is 30.1 Å². The monoisotopic (exact) mass is 420 g/mol. The maximum absolute atomic E-state index is 13.0. The van der Waals surface area contributed by atoms with Crippen LogP contribution in [-0.4, -0.2) is 45.2 Å². The smallest absolute Gasteiger partial charge is 0.261 e. The number of ether oxygens (including phenoxy) is 1. The summed E-state index contributed by atoms with van der Waals surface area (Å²) in [6, 6.07) is 11.7. The number of carbonyl (C=O) groups is 1. The Balaban J connectivity index is 1.94. The molecule has 150 valence electrons. The van der Waals surface area contributed by atoms with E-state index in [1.54, 1.807) is 28.8 Å². The van der Waals surface area contributed by atoms with Crippen LogP contribution in [0, 0.1) is 0 Å². The van der Waals surface area contributed by atoms with Crippen LogP contribution in [0.3, 0.4) is 0 Å². The van der Waals surface area contributed by atoms with Crippen molar-refractivity contribution in [2.24, 2.45) is 0 Å². The number of likely N-dealkylation sites (tertiary alicyclic amines) is 1. The number of thioether (sulfide) groups is 1. The van der Waals surface area contributed by atoms with Gasteiger partial charge in [-0.25, -0.2) is 8.42 Å². The Morgan fingerprint density at radius 1 is 1.18 bits per heavy atom. The summed E-state index contributed by atoms with van der Waals surface area (Å²) in [6.07, 6.45) is 1.92. The van der Waals surface area contributed by atoms with E-state index < -0.39 is 10.0 Å². The number of anilines is 1. The molecule has 6 nitrogen and oxygen atoms in total. The number of rotatable bonds is 7. The van der Waals surface area contributed by atoms with Crippen molar-refractivity contribution in [3.05, 3.63) is 48.0 Å².